The largest absolute Gasteiger partial charge is 0.372 e. The summed E-state index contributed by atoms with van der Waals surface area (Å²) in [6.07, 6.45) is 2.41. The molecule has 0 radical (unpaired) electrons. The van der Waals surface area contributed by atoms with Crippen LogP contribution < -0.4 is 9.80 Å². The predicted octanol–water partition coefficient (Wildman–Crippen LogP) is 5.67. The number of benzene rings is 3. The van der Waals surface area contributed by atoms with Crippen LogP contribution in [0.2, 0.25) is 0 Å². The Kier molecular flexibility index (Phi) is 5.58. The molecule has 1 fully saturated rings. The van der Waals surface area contributed by atoms with E-state index in [-0.39, 0.29) is 11.8 Å². The highest BCUT2D eigenvalue weighted by molar-refractivity contribution is 8.04. The number of carbonyl (C=O) groups excluding carboxylic acids is 2. The molecule has 0 bridgehead atoms. The van der Waals surface area contributed by atoms with E-state index in [1.54, 1.807) is 0 Å². The van der Waals surface area contributed by atoms with Crippen molar-refractivity contribution in [3.63, 3.8) is 0 Å². The molecule has 3 aromatic carbocycles. The second-order valence-electron chi connectivity index (χ2n) is 8.14. The Morgan fingerprint density at radius 2 is 1.34 bits per heavy atom. The number of imide groups is 1. The molecule has 5 rings (SSSR count). The summed E-state index contributed by atoms with van der Waals surface area (Å²) in [5, 5.41) is 0. The van der Waals surface area contributed by atoms with Gasteiger partial charge >= 0.3 is 0 Å². The lowest BCUT2D eigenvalue weighted by Crippen LogP contribution is -2.31. The van der Waals surface area contributed by atoms with Crippen molar-refractivity contribution in [1.29, 1.82) is 0 Å². The van der Waals surface area contributed by atoms with Gasteiger partial charge < -0.3 is 4.90 Å². The molecule has 4 nitrogen and oxygen atoms in total. The van der Waals surface area contributed by atoms with E-state index < -0.39 is 0 Å². The average molecular weight is 441 g/mol. The molecule has 160 valence electrons. The summed E-state index contributed by atoms with van der Waals surface area (Å²) in [4.78, 5) is 32.1. The SMILES string of the molecule is Cc1ccc(C2=C(Sc3ccccc3)C(=O)N(c3ccc(N4CCCC4)cc3)C2=O)cc1. The molecule has 3 aromatic rings. The van der Waals surface area contributed by atoms with Gasteiger partial charge in [-0.25, -0.2) is 4.90 Å². The molecule has 0 unspecified atom stereocenters. The molecule has 0 atom stereocenters. The maximum Gasteiger partial charge on any atom is 0.272 e. The number of rotatable bonds is 5. The lowest BCUT2D eigenvalue weighted by Gasteiger charge is -2.20. The molecule has 2 heterocycles. The predicted molar refractivity (Wildman–Crippen MR) is 131 cm³/mol. The Morgan fingerprint density at radius 1 is 0.719 bits per heavy atom. The molecule has 1 saturated heterocycles. The van der Waals surface area contributed by atoms with Crippen LogP contribution in [0.4, 0.5) is 11.4 Å². The molecule has 0 spiro atoms. The van der Waals surface area contributed by atoms with E-state index in [1.165, 1.54) is 29.5 Å². The monoisotopic (exact) mass is 440 g/mol. The van der Waals surface area contributed by atoms with Gasteiger partial charge in [-0.1, -0.05) is 59.8 Å². The first kappa shape index (κ1) is 20.6. The molecular formula is C27H24N2O2S. The van der Waals surface area contributed by atoms with E-state index in [0.717, 1.165) is 34.8 Å². The number of hydrogen-bond donors (Lipinski definition) is 0. The fourth-order valence-electron chi connectivity index (χ4n) is 4.21. The summed E-state index contributed by atoms with van der Waals surface area (Å²) in [5.74, 6) is -0.542. The Bertz CT molecular complexity index is 1180. The van der Waals surface area contributed by atoms with Crippen molar-refractivity contribution in [2.75, 3.05) is 22.9 Å². The smallest absolute Gasteiger partial charge is 0.272 e. The zero-order chi connectivity index (χ0) is 22.1. The van der Waals surface area contributed by atoms with Gasteiger partial charge in [-0.2, -0.15) is 0 Å². The van der Waals surface area contributed by atoms with Crippen molar-refractivity contribution in [3.8, 4) is 0 Å². The van der Waals surface area contributed by atoms with Crippen LogP contribution in [0.1, 0.15) is 24.0 Å². The third-order valence-electron chi connectivity index (χ3n) is 5.92. The Morgan fingerprint density at radius 3 is 2.00 bits per heavy atom. The summed E-state index contributed by atoms with van der Waals surface area (Å²) >= 11 is 1.35. The fourth-order valence-corrected chi connectivity index (χ4v) is 5.22. The third-order valence-corrected chi connectivity index (χ3v) is 7.01. The highest BCUT2D eigenvalue weighted by Gasteiger charge is 2.40. The molecule has 2 aliphatic heterocycles. The molecule has 5 heteroatoms. The maximum atomic E-state index is 13.6. The first-order valence-electron chi connectivity index (χ1n) is 10.9. The minimum Gasteiger partial charge on any atom is -0.372 e. The second kappa shape index (κ2) is 8.67. The molecule has 0 aliphatic carbocycles. The first-order valence-corrected chi connectivity index (χ1v) is 11.7. The molecule has 0 saturated carbocycles. The molecule has 2 amide bonds. The highest BCUT2D eigenvalue weighted by Crippen LogP contribution is 2.41. The van der Waals surface area contributed by atoms with E-state index in [9.17, 15) is 9.59 Å². The average Bonchev–Trinajstić information content (AvgIpc) is 3.43. The van der Waals surface area contributed by atoms with Gasteiger partial charge in [-0.15, -0.1) is 0 Å². The summed E-state index contributed by atoms with van der Waals surface area (Å²) in [5.41, 5.74) is 4.08. The highest BCUT2D eigenvalue weighted by atomic mass is 32.2. The molecule has 0 aromatic heterocycles. The normalized spacial score (nSPS) is 16.4. The minimum atomic E-state index is -0.272. The minimum absolute atomic E-state index is 0.270. The van der Waals surface area contributed by atoms with E-state index in [1.807, 2.05) is 85.8 Å². The lowest BCUT2D eigenvalue weighted by molar-refractivity contribution is -0.119. The summed E-state index contributed by atoms with van der Waals surface area (Å²) in [6.45, 7) is 4.11. The topological polar surface area (TPSA) is 40.6 Å². The van der Waals surface area contributed by atoms with Crippen molar-refractivity contribution in [3.05, 3.63) is 94.9 Å². The number of carbonyl (C=O) groups is 2. The number of amides is 2. The van der Waals surface area contributed by atoms with Crippen LogP contribution in [0.5, 0.6) is 0 Å². The van der Waals surface area contributed by atoms with Crippen LogP contribution in [0.15, 0.2) is 88.7 Å². The van der Waals surface area contributed by atoms with Crippen LogP contribution >= 0.6 is 11.8 Å². The van der Waals surface area contributed by atoms with E-state index in [4.69, 9.17) is 0 Å². The molecule has 0 N–H and O–H groups in total. The summed E-state index contributed by atoms with van der Waals surface area (Å²) < 4.78 is 0. The van der Waals surface area contributed by atoms with Crippen molar-refractivity contribution in [2.45, 2.75) is 24.7 Å². The molecular weight excluding hydrogens is 416 g/mol. The van der Waals surface area contributed by atoms with E-state index in [2.05, 4.69) is 4.90 Å². The Labute approximate surface area is 192 Å². The van der Waals surface area contributed by atoms with Crippen molar-refractivity contribution in [2.24, 2.45) is 0 Å². The van der Waals surface area contributed by atoms with Crippen molar-refractivity contribution >= 4 is 40.5 Å². The Hall–Kier alpha value is -3.31. The maximum absolute atomic E-state index is 13.6. The first-order chi connectivity index (χ1) is 15.6. The number of hydrogen-bond acceptors (Lipinski definition) is 4. The number of aryl methyl sites for hydroxylation is 1. The van der Waals surface area contributed by atoms with Gasteiger partial charge in [0.15, 0.2) is 0 Å². The van der Waals surface area contributed by atoms with Crippen molar-refractivity contribution in [1.82, 2.24) is 0 Å². The summed E-state index contributed by atoms with van der Waals surface area (Å²) in [7, 11) is 0. The molecule has 2 aliphatic rings. The quantitative estimate of drug-likeness (QED) is 0.479. The third kappa shape index (κ3) is 3.84. The van der Waals surface area contributed by atoms with E-state index >= 15 is 0 Å². The van der Waals surface area contributed by atoms with Crippen LogP contribution in [-0.2, 0) is 9.59 Å². The fraction of sp³-hybridized carbons (Fsp3) is 0.185. The van der Waals surface area contributed by atoms with E-state index in [0.29, 0.717) is 16.2 Å². The summed E-state index contributed by atoms with van der Waals surface area (Å²) in [6, 6.07) is 25.3. The number of nitrogens with zero attached hydrogens (tertiary/aromatic N) is 2. The van der Waals surface area contributed by atoms with Crippen molar-refractivity contribution < 1.29 is 9.59 Å². The second-order valence-corrected chi connectivity index (χ2v) is 9.23. The van der Waals surface area contributed by atoms with Gasteiger partial charge in [0, 0.05) is 23.7 Å². The number of thioether (sulfide) groups is 1. The lowest BCUT2D eigenvalue weighted by atomic mass is 10.0. The van der Waals surface area contributed by atoms with Gasteiger partial charge in [0.1, 0.15) is 0 Å². The van der Waals surface area contributed by atoms with Gasteiger partial charge in [-0.05, 0) is 61.7 Å². The van der Waals surface area contributed by atoms with Crippen LogP contribution in [-0.4, -0.2) is 24.9 Å². The molecule has 32 heavy (non-hydrogen) atoms. The standard InChI is InChI=1S/C27H24N2O2S/c1-19-9-11-20(12-10-19)24-25(32-23-7-3-2-4-8-23)27(31)29(26(24)30)22-15-13-21(14-16-22)28-17-5-6-18-28/h2-4,7-16H,5-6,17-18H2,1H3. The van der Waals surface area contributed by atoms with Gasteiger partial charge in [0.25, 0.3) is 11.8 Å². The zero-order valence-electron chi connectivity index (χ0n) is 18.0. The van der Waals surface area contributed by atoms with Crippen LogP contribution in [0, 0.1) is 6.92 Å². The van der Waals surface area contributed by atoms with Crippen LogP contribution in [0.25, 0.3) is 5.57 Å². The Balaban J connectivity index is 1.52. The number of anilines is 2. The van der Waals surface area contributed by atoms with Crippen LogP contribution in [0.3, 0.4) is 0 Å². The van der Waals surface area contributed by atoms with Gasteiger partial charge in [0.2, 0.25) is 0 Å². The van der Waals surface area contributed by atoms with Gasteiger partial charge in [0.05, 0.1) is 16.2 Å². The van der Waals surface area contributed by atoms with Gasteiger partial charge in [-0.3, -0.25) is 9.59 Å². The zero-order valence-corrected chi connectivity index (χ0v) is 18.8.